The number of ether oxygens (including phenoxy) is 2. The van der Waals surface area contributed by atoms with E-state index in [9.17, 15) is 8.42 Å². The predicted octanol–water partition coefficient (Wildman–Crippen LogP) is 0.0622. The molecule has 0 bridgehead atoms. The molecule has 0 aliphatic rings. The van der Waals surface area contributed by atoms with Crippen LogP contribution in [0.4, 0.5) is 0 Å². The van der Waals surface area contributed by atoms with Crippen LogP contribution in [0.5, 0.6) is 0 Å². The maximum Gasteiger partial charge on any atom is 0.149 e. The average molecular weight is 253 g/mol. The van der Waals surface area contributed by atoms with Crippen molar-refractivity contribution in [3.63, 3.8) is 0 Å². The summed E-state index contributed by atoms with van der Waals surface area (Å²) in [4.78, 5) is 0. The second-order valence-electron chi connectivity index (χ2n) is 3.76. The molecule has 0 aromatic rings. The van der Waals surface area contributed by atoms with Crippen LogP contribution in [0.2, 0.25) is 0 Å². The Morgan fingerprint density at radius 1 is 1.31 bits per heavy atom. The molecule has 0 aliphatic heterocycles. The van der Waals surface area contributed by atoms with Gasteiger partial charge >= 0.3 is 0 Å². The first-order valence-electron chi connectivity index (χ1n) is 5.47. The standard InChI is InChI=1S/C10H23NO4S/c1-4-10(9-14-2)11-5-6-15-7-8-16(3,12)13/h10-11H,4-9H2,1-3H3. The molecule has 6 heteroatoms. The largest absolute Gasteiger partial charge is 0.383 e. The summed E-state index contributed by atoms with van der Waals surface area (Å²) in [6, 6.07) is 0.337. The molecule has 0 spiro atoms. The zero-order valence-corrected chi connectivity index (χ0v) is 11.2. The van der Waals surface area contributed by atoms with Crippen LogP contribution in [0.3, 0.4) is 0 Å². The fourth-order valence-electron chi connectivity index (χ4n) is 1.17. The number of nitrogens with one attached hydrogen (secondary N) is 1. The number of sulfone groups is 1. The van der Waals surface area contributed by atoms with Gasteiger partial charge in [-0.25, -0.2) is 8.42 Å². The maximum atomic E-state index is 10.8. The predicted molar refractivity (Wildman–Crippen MR) is 64.5 cm³/mol. The zero-order chi connectivity index (χ0) is 12.4. The fourth-order valence-corrected chi connectivity index (χ4v) is 1.59. The normalized spacial score (nSPS) is 13.9. The van der Waals surface area contributed by atoms with Gasteiger partial charge in [-0.15, -0.1) is 0 Å². The second-order valence-corrected chi connectivity index (χ2v) is 6.02. The zero-order valence-electron chi connectivity index (χ0n) is 10.4. The molecule has 0 aromatic carbocycles. The highest BCUT2D eigenvalue weighted by Gasteiger charge is 2.04. The lowest BCUT2D eigenvalue weighted by Gasteiger charge is -2.15. The van der Waals surface area contributed by atoms with Gasteiger partial charge in [0.25, 0.3) is 0 Å². The van der Waals surface area contributed by atoms with Crippen molar-refractivity contribution in [3.05, 3.63) is 0 Å². The van der Waals surface area contributed by atoms with Crippen LogP contribution in [0.15, 0.2) is 0 Å². The molecule has 0 fully saturated rings. The fraction of sp³-hybridized carbons (Fsp3) is 1.00. The third-order valence-electron chi connectivity index (χ3n) is 2.14. The van der Waals surface area contributed by atoms with E-state index in [1.807, 2.05) is 0 Å². The van der Waals surface area contributed by atoms with Crippen molar-refractivity contribution < 1.29 is 17.9 Å². The maximum absolute atomic E-state index is 10.8. The molecule has 0 radical (unpaired) electrons. The minimum atomic E-state index is -2.91. The van der Waals surface area contributed by atoms with Crippen molar-refractivity contribution in [2.75, 3.05) is 45.5 Å². The summed E-state index contributed by atoms with van der Waals surface area (Å²) < 4.78 is 31.8. The molecule has 0 amide bonds. The van der Waals surface area contributed by atoms with Gasteiger partial charge in [0.2, 0.25) is 0 Å². The lowest BCUT2D eigenvalue weighted by Crippen LogP contribution is -2.35. The molecule has 5 nitrogen and oxygen atoms in total. The van der Waals surface area contributed by atoms with E-state index in [4.69, 9.17) is 9.47 Å². The Kier molecular flexibility index (Phi) is 8.83. The molecule has 0 aromatic heterocycles. The molecule has 0 rings (SSSR count). The quantitative estimate of drug-likeness (QED) is 0.558. The lowest BCUT2D eigenvalue weighted by atomic mass is 10.2. The Labute approximate surface area is 98.4 Å². The van der Waals surface area contributed by atoms with E-state index >= 15 is 0 Å². The van der Waals surface area contributed by atoms with Crippen molar-refractivity contribution in [1.29, 1.82) is 0 Å². The van der Waals surface area contributed by atoms with Crippen LogP contribution >= 0.6 is 0 Å². The summed E-state index contributed by atoms with van der Waals surface area (Å²) in [5, 5.41) is 3.27. The summed E-state index contributed by atoms with van der Waals surface area (Å²) in [7, 11) is -1.23. The molecule has 0 saturated carbocycles. The third-order valence-corrected chi connectivity index (χ3v) is 3.05. The molecule has 98 valence electrons. The highest BCUT2D eigenvalue weighted by molar-refractivity contribution is 7.90. The minimum Gasteiger partial charge on any atom is -0.383 e. The molecular formula is C10H23NO4S. The van der Waals surface area contributed by atoms with E-state index in [1.165, 1.54) is 6.26 Å². The topological polar surface area (TPSA) is 64.6 Å². The SMILES string of the molecule is CCC(COC)NCCOCCS(C)(=O)=O. The van der Waals surface area contributed by atoms with Gasteiger partial charge in [-0.05, 0) is 6.42 Å². The van der Waals surface area contributed by atoms with E-state index in [0.29, 0.717) is 25.8 Å². The van der Waals surface area contributed by atoms with Crippen LogP contribution in [-0.4, -0.2) is 59.9 Å². The molecule has 0 aliphatic carbocycles. The van der Waals surface area contributed by atoms with Crippen molar-refractivity contribution in [3.8, 4) is 0 Å². The molecule has 1 atom stereocenters. The van der Waals surface area contributed by atoms with E-state index in [0.717, 1.165) is 6.42 Å². The van der Waals surface area contributed by atoms with Crippen LogP contribution in [0.25, 0.3) is 0 Å². The van der Waals surface area contributed by atoms with Crippen LogP contribution in [-0.2, 0) is 19.3 Å². The number of methoxy groups -OCH3 is 1. The second kappa shape index (κ2) is 8.92. The monoisotopic (exact) mass is 253 g/mol. The first-order valence-corrected chi connectivity index (χ1v) is 7.53. The van der Waals surface area contributed by atoms with E-state index in [-0.39, 0.29) is 12.4 Å². The van der Waals surface area contributed by atoms with Gasteiger partial charge in [0.05, 0.1) is 25.6 Å². The molecular weight excluding hydrogens is 230 g/mol. The highest BCUT2D eigenvalue weighted by atomic mass is 32.2. The lowest BCUT2D eigenvalue weighted by molar-refractivity contribution is 0.132. The smallest absolute Gasteiger partial charge is 0.149 e. The van der Waals surface area contributed by atoms with Crippen LogP contribution < -0.4 is 5.32 Å². The average Bonchev–Trinajstić information content (AvgIpc) is 2.20. The summed E-state index contributed by atoms with van der Waals surface area (Å²) in [5.74, 6) is 0.0856. The van der Waals surface area contributed by atoms with E-state index in [2.05, 4.69) is 12.2 Å². The van der Waals surface area contributed by atoms with Gasteiger partial charge < -0.3 is 14.8 Å². The minimum absolute atomic E-state index is 0.0856. The van der Waals surface area contributed by atoms with Gasteiger partial charge in [-0.2, -0.15) is 0 Å². The van der Waals surface area contributed by atoms with Gasteiger partial charge in [-0.1, -0.05) is 6.92 Å². The Hall–Kier alpha value is -0.170. The number of rotatable bonds is 10. The van der Waals surface area contributed by atoms with Crippen LogP contribution in [0, 0.1) is 0 Å². The van der Waals surface area contributed by atoms with E-state index < -0.39 is 9.84 Å². The van der Waals surface area contributed by atoms with Gasteiger partial charge in [0.15, 0.2) is 0 Å². The molecule has 1 unspecified atom stereocenters. The summed E-state index contributed by atoms with van der Waals surface area (Å²) in [6.07, 6.45) is 2.21. The van der Waals surface area contributed by atoms with Crippen molar-refractivity contribution >= 4 is 9.84 Å². The molecule has 0 heterocycles. The Morgan fingerprint density at radius 2 is 2.00 bits per heavy atom. The molecule has 16 heavy (non-hydrogen) atoms. The van der Waals surface area contributed by atoms with Crippen LogP contribution in [0.1, 0.15) is 13.3 Å². The van der Waals surface area contributed by atoms with Gasteiger partial charge in [-0.3, -0.25) is 0 Å². The van der Waals surface area contributed by atoms with Gasteiger partial charge in [0, 0.05) is 26.0 Å². The Balaban J connectivity index is 3.38. The Bertz CT molecular complexity index is 254. The van der Waals surface area contributed by atoms with Crippen molar-refractivity contribution in [2.45, 2.75) is 19.4 Å². The number of hydrogen-bond donors (Lipinski definition) is 1. The van der Waals surface area contributed by atoms with Crippen molar-refractivity contribution in [1.82, 2.24) is 5.32 Å². The summed E-state index contributed by atoms with van der Waals surface area (Å²) in [5.41, 5.74) is 0. The highest BCUT2D eigenvalue weighted by Crippen LogP contribution is 1.90. The summed E-state index contributed by atoms with van der Waals surface area (Å²) in [6.45, 7) is 4.27. The van der Waals surface area contributed by atoms with Crippen molar-refractivity contribution in [2.24, 2.45) is 0 Å². The summed E-state index contributed by atoms with van der Waals surface area (Å²) >= 11 is 0. The third kappa shape index (κ3) is 10.4. The molecule has 1 N–H and O–H groups in total. The first-order chi connectivity index (χ1) is 7.49. The molecule has 0 saturated heterocycles. The number of hydrogen-bond acceptors (Lipinski definition) is 5. The Morgan fingerprint density at radius 3 is 2.50 bits per heavy atom. The first kappa shape index (κ1) is 15.8. The van der Waals surface area contributed by atoms with Gasteiger partial charge in [0.1, 0.15) is 9.84 Å². The van der Waals surface area contributed by atoms with E-state index in [1.54, 1.807) is 7.11 Å².